The van der Waals surface area contributed by atoms with Gasteiger partial charge in [-0.05, 0) is 13.8 Å². The minimum absolute atomic E-state index is 0. The third kappa shape index (κ3) is 5.54. The third-order valence-electron chi connectivity index (χ3n) is 2.99. The van der Waals surface area contributed by atoms with Crippen LogP contribution in [0.2, 0.25) is 0 Å². The molecular weight excluding hydrogens is 287 g/mol. The average Bonchev–Trinajstić information content (AvgIpc) is 2.60. The molecule has 114 valence electrons. The van der Waals surface area contributed by atoms with Crippen LogP contribution in [0.4, 0.5) is 13.2 Å². The fourth-order valence-electron chi connectivity index (χ4n) is 2.07. The molecule has 0 amide bonds. The highest BCUT2D eigenvalue weighted by molar-refractivity contribution is 5.85. The van der Waals surface area contributed by atoms with Crippen LogP contribution in [0.5, 0.6) is 0 Å². The van der Waals surface area contributed by atoms with Crippen molar-refractivity contribution < 1.29 is 27.8 Å². The van der Waals surface area contributed by atoms with Crippen LogP contribution in [0, 0.1) is 11.8 Å². The number of likely N-dealkylation sites (tertiary alicyclic amines) is 1. The molecule has 0 aromatic carbocycles. The van der Waals surface area contributed by atoms with E-state index in [0.29, 0.717) is 13.2 Å². The Morgan fingerprint density at radius 1 is 1.42 bits per heavy atom. The molecule has 1 heterocycles. The van der Waals surface area contributed by atoms with E-state index >= 15 is 0 Å². The van der Waals surface area contributed by atoms with E-state index in [1.165, 1.54) is 4.90 Å². The maximum Gasteiger partial charge on any atom is 0.393 e. The number of aliphatic carboxylic acids is 1. The molecule has 1 aliphatic heterocycles. The molecule has 19 heavy (non-hydrogen) atoms. The number of halogens is 4. The number of rotatable bonds is 5. The van der Waals surface area contributed by atoms with E-state index in [1.807, 2.05) is 13.8 Å². The number of carboxylic acid groups (broad SMARTS) is 1. The van der Waals surface area contributed by atoms with Crippen LogP contribution in [0.3, 0.4) is 0 Å². The highest BCUT2D eigenvalue weighted by Crippen LogP contribution is 2.37. The third-order valence-corrected chi connectivity index (χ3v) is 2.99. The van der Waals surface area contributed by atoms with Gasteiger partial charge in [0, 0.05) is 19.6 Å². The van der Waals surface area contributed by atoms with Gasteiger partial charge >= 0.3 is 12.1 Å². The number of ether oxygens (including phenoxy) is 1. The Balaban J connectivity index is 0.00000324. The van der Waals surface area contributed by atoms with Gasteiger partial charge in [0.1, 0.15) is 0 Å². The lowest BCUT2D eigenvalue weighted by molar-refractivity contribution is -0.188. The van der Waals surface area contributed by atoms with E-state index in [9.17, 15) is 18.0 Å². The predicted molar refractivity (Wildman–Crippen MR) is 65.4 cm³/mol. The standard InChI is InChI=1S/C11H18F3NO3.ClH/c1-7(2)18-4-3-15-5-8(10(16)17)9(6-15)11(12,13)14;/h7-9H,3-6H2,1-2H3,(H,16,17);1H/t8-,9-;/m1./s1. The van der Waals surface area contributed by atoms with Crippen molar-refractivity contribution in [2.75, 3.05) is 26.2 Å². The lowest BCUT2D eigenvalue weighted by Gasteiger charge is -2.18. The molecule has 0 radical (unpaired) electrons. The van der Waals surface area contributed by atoms with E-state index in [1.54, 1.807) is 0 Å². The molecule has 0 aromatic heterocycles. The maximum atomic E-state index is 12.7. The quantitative estimate of drug-likeness (QED) is 0.844. The van der Waals surface area contributed by atoms with Gasteiger partial charge in [0.05, 0.1) is 24.5 Å². The van der Waals surface area contributed by atoms with Gasteiger partial charge in [-0.25, -0.2) is 0 Å². The first kappa shape index (κ1) is 18.5. The van der Waals surface area contributed by atoms with Crippen LogP contribution in [0.1, 0.15) is 13.8 Å². The van der Waals surface area contributed by atoms with Gasteiger partial charge in [0.15, 0.2) is 0 Å². The first-order valence-electron chi connectivity index (χ1n) is 5.85. The normalized spacial score (nSPS) is 24.5. The topological polar surface area (TPSA) is 49.8 Å². The number of alkyl halides is 3. The Bertz CT molecular complexity index is 299. The Morgan fingerprint density at radius 2 is 2.00 bits per heavy atom. The molecule has 0 saturated carbocycles. The zero-order valence-electron chi connectivity index (χ0n) is 10.8. The van der Waals surface area contributed by atoms with Gasteiger partial charge in [-0.2, -0.15) is 13.2 Å². The molecule has 0 aromatic rings. The van der Waals surface area contributed by atoms with Gasteiger partial charge in [-0.15, -0.1) is 12.4 Å². The van der Waals surface area contributed by atoms with Crippen LogP contribution in [-0.4, -0.2) is 54.5 Å². The largest absolute Gasteiger partial charge is 0.481 e. The van der Waals surface area contributed by atoms with Crippen LogP contribution in [0.25, 0.3) is 0 Å². The van der Waals surface area contributed by atoms with Gasteiger partial charge < -0.3 is 9.84 Å². The van der Waals surface area contributed by atoms with Crippen molar-refractivity contribution in [2.45, 2.75) is 26.1 Å². The lowest BCUT2D eigenvalue weighted by Crippen LogP contribution is -2.33. The highest BCUT2D eigenvalue weighted by Gasteiger charge is 2.52. The second kappa shape index (κ2) is 7.31. The van der Waals surface area contributed by atoms with Crippen molar-refractivity contribution in [1.29, 1.82) is 0 Å². The molecular formula is C11H19ClF3NO3. The lowest BCUT2D eigenvalue weighted by atomic mass is 9.96. The van der Waals surface area contributed by atoms with Crippen molar-refractivity contribution >= 4 is 18.4 Å². The number of hydrogen-bond donors (Lipinski definition) is 1. The summed E-state index contributed by atoms with van der Waals surface area (Å²) < 4.78 is 43.3. The number of carboxylic acids is 1. The molecule has 1 aliphatic rings. The summed E-state index contributed by atoms with van der Waals surface area (Å²) in [5.74, 6) is -4.54. The van der Waals surface area contributed by atoms with E-state index < -0.39 is 24.0 Å². The molecule has 1 N–H and O–H groups in total. The smallest absolute Gasteiger partial charge is 0.393 e. The second-order valence-corrected chi connectivity index (χ2v) is 4.77. The SMILES string of the molecule is CC(C)OCCN1C[C@@H](C(F)(F)F)[C@H](C(=O)O)C1.Cl. The molecule has 4 nitrogen and oxygen atoms in total. The van der Waals surface area contributed by atoms with E-state index in [4.69, 9.17) is 9.84 Å². The summed E-state index contributed by atoms with van der Waals surface area (Å²) >= 11 is 0. The Labute approximate surface area is 116 Å². The first-order valence-corrected chi connectivity index (χ1v) is 5.85. The Hall–Kier alpha value is -0.530. The molecule has 1 saturated heterocycles. The molecule has 1 fully saturated rings. The van der Waals surface area contributed by atoms with E-state index in [0.717, 1.165) is 0 Å². The molecule has 0 aliphatic carbocycles. The summed E-state index contributed by atoms with van der Waals surface area (Å²) in [6, 6.07) is 0. The number of nitrogens with zero attached hydrogens (tertiary/aromatic N) is 1. The monoisotopic (exact) mass is 305 g/mol. The highest BCUT2D eigenvalue weighted by atomic mass is 35.5. The van der Waals surface area contributed by atoms with Crippen LogP contribution < -0.4 is 0 Å². The molecule has 0 unspecified atom stereocenters. The Kier molecular flexibility index (Phi) is 7.10. The summed E-state index contributed by atoms with van der Waals surface area (Å²) in [5, 5.41) is 8.82. The summed E-state index contributed by atoms with van der Waals surface area (Å²) in [7, 11) is 0. The van der Waals surface area contributed by atoms with Gasteiger partial charge in [-0.1, -0.05) is 0 Å². The van der Waals surface area contributed by atoms with Gasteiger partial charge in [-0.3, -0.25) is 9.69 Å². The zero-order chi connectivity index (χ0) is 13.9. The van der Waals surface area contributed by atoms with E-state index in [2.05, 4.69) is 0 Å². The molecule has 0 spiro atoms. The van der Waals surface area contributed by atoms with E-state index in [-0.39, 0.29) is 31.6 Å². The van der Waals surface area contributed by atoms with Crippen LogP contribution in [0.15, 0.2) is 0 Å². The first-order chi connectivity index (χ1) is 8.21. The molecule has 8 heteroatoms. The average molecular weight is 306 g/mol. The van der Waals surface area contributed by atoms with Crippen molar-refractivity contribution in [1.82, 2.24) is 4.90 Å². The minimum atomic E-state index is -4.46. The summed E-state index contributed by atoms with van der Waals surface area (Å²) in [4.78, 5) is 12.3. The predicted octanol–water partition coefficient (Wildman–Crippen LogP) is 2.03. The van der Waals surface area contributed by atoms with Gasteiger partial charge in [0.2, 0.25) is 0 Å². The molecule has 1 rings (SSSR count). The van der Waals surface area contributed by atoms with Crippen molar-refractivity contribution in [3.63, 3.8) is 0 Å². The summed E-state index contributed by atoms with van der Waals surface area (Å²) in [6.45, 7) is 3.98. The van der Waals surface area contributed by atoms with Crippen LogP contribution in [-0.2, 0) is 9.53 Å². The summed E-state index contributed by atoms with van der Waals surface area (Å²) in [6.07, 6.45) is -4.45. The number of carbonyl (C=O) groups is 1. The van der Waals surface area contributed by atoms with Gasteiger partial charge in [0.25, 0.3) is 0 Å². The molecule has 0 bridgehead atoms. The fraction of sp³-hybridized carbons (Fsp3) is 0.909. The fourth-order valence-corrected chi connectivity index (χ4v) is 2.07. The Morgan fingerprint density at radius 3 is 2.37 bits per heavy atom. The van der Waals surface area contributed by atoms with Crippen molar-refractivity contribution in [3.05, 3.63) is 0 Å². The van der Waals surface area contributed by atoms with Crippen molar-refractivity contribution in [2.24, 2.45) is 11.8 Å². The van der Waals surface area contributed by atoms with Crippen LogP contribution >= 0.6 is 12.4 Å². The minimum Gasteiger partial charge on any atom is -0.481 e. The summed E-state index contributed by atoms with van der Waals surface area (Å²) in [5.41, 5.74) is 0. The zero-order valence-corrected chi connectivity index (χ0v) is 11.6. The number of hydrogen-bond acceptors (Lipinski definition) is 3. The molecule has 2 atom stereocenters. The van der Waals surface area contributed by atoms with Crippen molar-refractivity contribution in [3.8, 4) is 0 Å². The maximum absolute atomic E-state index is 12.7. The second-order valence-electron chi connectivity index (χ2n) is 4.77.